The Kier molecular flexibility index (Phi) is 4.11. The van der Waals surface area contributed by atoms with Crippen molar-refractivity contribution in [2.45, 2.75) is 6.54 Å². The van der Waals surface area contributed by atoms with Crippen LogP contribution in [0.25, 0.3) is 0 Å². The van der Waals surface area contributed by atoms with E-state index in [-0.39, 0.29) is 5.78 Å². The van der Waals surface area contributed by atoms with Crippen LogP contribution in [0.4, 0.5) is 0 Å². The number of carbonyl (C=O) groups is 1. The van der Waals surface area contributed by atoms with E-state index in [1.807, 2.05) is 0 Å². The number of rotatable bonds is 5. The van der Waals surface area contributed by atoms with Gasteiger partial charge in [-0.1, -0.05) is 15.9 Å². The molecule has 0 amide bonds. The van der Waals surface area contributed by atoms with Crippen LogP contribution < -0.4 is 0 Å². The second-order valence-corrected chi connectivity index (χ2v) is 3.10. The van der Waals surface area contributed by atoms with Crippen molar-refractivity contribution in [2.75, 3.05) is 19.0 Å². The molecule has 0 aliphatic heterocycles. The van der Waals surface area contributed by atoms with Gasteiger partial charge >= 0.3 is 0 Å². The van der Waals surface area contributed by atoms with Crippen molar-refractivity contribution in [1.82, 2.24) is 9.78 Å². The Morgan fingerprint density at radius 2 is 2.54 bits per heavy atom. The molecule has 0 atom stereocenters. The zero-order valence-corrected chi connectivity index (χ0v) is 8.95. The third kappa shape index (κ3) is 2.93. The summed E-state index contributed by atoms with van der Waals surface area (Å²) in [5, 5.41) is 4.35. The number of ether oxygens (including phenoxy) is 1. The van der Waals surface area contributed by atoms with Crippen LogP contribution in [0.15, 0.2) is 12.4 Å². The number of halogens is 1. The lowest BCUT2D eigenvalue weighted by Crippen LogP contribution is -2.04. The Labute approximate surface area is 85.0 Å². The second kappa shape index (κ2) is 5.14. The molecule has 4 nitrogen and oxygen atoms in total. The highest BCUT2D eigenvalue weighted by Gasteiger charge is 2.05. The van der Waals surface area contributed by atoms with Gasteiger partial charge in [0.05, 0.1) is 30.2 Å². The molecular weight excluding hydrogens is 236 g/mol. The quantitative estimate of drug-likeness (QED) is 0.578. The first-order valence-corrected chi connectivity index (χ1v) is 5.00. The largest absolute Gasteiger partial charge is 0.383 e. The second-order valence-electron chi connectivity index (χ2n) is 2.54. The molecule has 0 radical (unpaired) electrons. The molecule has 0 saturated carbocycles. The van der Waals surface area contributed by atoms with E-state index in [1.54, 1.807) is 24.2 Å². The van der Waals surface area contributed by atoms with Gasteiger partial charge in [-0.3, -0.25) is 9.48 Å². The molecule has 0 aliphatic rings. The molecule has 0 aliphatic carbocycles. The maximum Gasteiger partial charge on any atom is 0.176 e. The lowest BCUT2D eigenvalue weighted by molar-refractivity contribution is 0.102. The number of hydrogen-bond donors (Lipinski definition) is 0. The smallest absolute Gasteiger partial charge is 0.176 e. The molecule has 0 bridgehead atoms. The minimum Gasteiger partial charge on any atom is -0.383 e. The number of hydrogen-bond acceptors (Lipinski definition) is 3. The molecule has 1 aromatic rings. The highest BCUT2D eigenvalue weighted by Crippen LogP contribution is 2.01. The molecular formula is C8H11BrN2O2. The van der Waals surface area contributed by atoms with Crippen LogP contribution in [0, 0.1) is 0 Å². The van der Waals surface area contributed by atoms with E-state index in [0.29, 0.717) is 24.0 Å². The van der Waals surface area contributed by atoms with Crippen LogP contribution in [-0.2, 0) is 11.3 Å². The Hall–Kier alpha value is -0.680. The van der Waals surface area contributed by atoms with Crippen molar-refractivity contribution < 1.29 is 9.53 Å². The number of nitrogens with zero attached hydrogens (tertiary/aromatic N) is 2. The lowest BCUT2D eigenvalue weighted by Gasteiger charge is -1.97. The van der Waals surface area contributed by atoms with Crippen molar-refractivity contribution in [3.63, 3.8) is 0 Å². The van der Waals surface area contributed by atoms with Gasteiger partial charge in [-0.05, 0) is 0 Å². The maximum absolute atomic E-state index is 11.2. The van der Waals surface area contributed by atoms with E-state index >= 15 is 0 Å². The predicted octanol–water partition coefficient (Wildman–Crippen LogP) is 1.11. The van der Waals surface area contributed by atoms with Crippen molar-refractivity contribution in [2.24, 2.45) is 0 Å². The van der Waals surface area contributed by atoms with Crippen LogP contribution in [-0.4, -0.2) is 34.6 Å². The zero-order chi connectivity index (χ0) is 9.68. The Morgan fingerprint density at radius 3 is 3.15 bits per heavy atom. The molecule has 0 saturated heterocycles. The highest BCUT2D eigenvalue weighted by molar-refractivity contribution is 9.09. The standard InChI is InChI=1S/C8H11BrN2O2/c1-13-3-2-11-6-7(5-10-11)8(12)4-9/h5-6H,2-4H2,1H3. The average molecular weight is 247 g/mol. The van der Waals surface area contributed by atoms with Gasteiger partial charge in [-0.25, -0.2) is 0 Å². The monoisotopic (exact) mass is 246 g/mol. The van der Waals surface area contributed by atoms with Crippen molar-refractivity contribution in [3.8, 4) is 0 Å². The van der Waals surface area contributed by atoms with Crippen LogP contribution in [0.1, 0.15) is 10.4 Å². The van der Waals surface area contributed by atoms with E-state index in [9.17, 15) is 4.79 Å². The van der Waals surface area contributed by atoms with Crippen LogP contribution in [0.2, 0.25) is 0 Å². The summed E-state index contributed by atoms with van der Waals surface area (Å²) >= 11 is 3.10. The minimum atomic E-state index is 0.0451. The third-order valence-electron chi connectivity index (χ3n) is 1.60. The molecule has 0 aromatic carbocycles. The normalized spacial score (nSPS) is 10.3. The van der Waals surface area contributed by atoms with Crippen molar-refractivity contribution >= 4 is 21.7 Å². The summed E-state index contributed by atoms with van der Waals surface area (Å²) in [5.74, 6) is 0.0451. The summed E-state index contributed by atoms with van der Waals surface area (Å²) < 4.78 is 6.58. The first kappa shape index (κ1) is 10.4. The van der Waals surface area contributed by atoms with Crippen LogP contribution in [0.5, 0.6) is 0 Å². The number of Topliss-reactive ketones (excluding diaryl/α,β-unsaturated/α-hetero) is 1. The Bertz CT molecular complexity index is 285. The summed E-state index contributed by atoms with van der Waals surface area (Å²) in [6.07, 6.45) is 3.29. The molecule has 0 spiro atoms. The molecule has 1 aromatic heterocycles. The number of aromatic nitrogens is 2. The number of ketones is 1. The topological polar surface area (TPSA) is 44.1 Å². The molecule has 1 heterocycles. The van der Waals surface area contributed by atoms with Gasteiger partial charge in [-0.2, -0.15) is 5.10 Å². The number of carbonyl (C=O) groups excluding carboxylic acids is 1. The third-order valence-corrected chi connectivity index (χ3v) is 2.11. The van der Waals surface area contributed by atoms with Gasteiger partial charge in [0.1, 0.15) is 0 Å². The molecule has 5 heteroatoms. The maximum atomic E-state index is 11.2. The predicted molar refractivity (Wildman–Crippen MR) is 52.2 cm³/mol. The minimum absolute atomic E-state index is 0.0451. The first-order valence-electron chi connectivity index (χ1n) is 3.88. The molecule has 0 fully saturated rings. The highest BCUT2D eigenvalue weighted by atomic mass is 79.9. The Balaban J connectivity index is 2.58. The SMILES string of the molecule is COCCn1cc(C(=O)CBr)cn1. The van der Waals surface area contributed by atoms with Crippen LogP contribution in [0.3, 0.4) is 0 Å². The summed E-state index contributed by atoms with van der Waals surface area (Å²) in [7, 11) is 1.63. The lowest BCUT2D eigenvalue weighted by atomic mass is 10.3. The summed E-state index contributed by atoms with van der Waals surface area (Å²) in [6.45, 7) is 1.27. The molecule has 0 unspecified atom stereocenters. The van der Waals surface area contributed by atoms with E-state index in [4.69, 9.17) is 4.74 Å². The van der Waals surface area contributed by atoms with Gasteiger partial charge in [0, 0.05) is 13.3 Å². The van der Waals surface area contributed by atoms with Gasteiger partial charge < -0.3 is 4.74 Å². The molecule has 1 rings (SSSR count). The average Bonchev–Trinajstić information content (AvgIpc) is 2.62. The zero-order valence-electron chi connectivity index (χ0n) is 7.36. The van der Waals surface area contributed by atoms with E-state index < -0.39 is 0 Å². The van der Waals surface area contributed by atoms with Gasteiger partial charge in [0.25, 0.3) is 0 Å². The fourth-order valence-electron chi connectivity index (χ4n) is 0.892. The summed E-state index contributed by atoms with van der Waals surface area (Å²) in [5.41, 5.74) is 0.632. The van der Waals surface area contributed by atoms with Gasteiger partial charge in [0.15, 0.2) is 5.78 Å². The van der Waals surface area contributed by atoms with Gasteiger partial charge in [0.2, 0.25) is 0 Å². The fraction of sp³-hybridized carbons (Fsp3) is 0.500. The Morgan fingerprint density at radius 1 is 1.77 bits per heavy atom. The van der Waals surface area contributed by atoms with E-state index in [0.717, 1.165) is 0 Å². The van der Waals surface area contributed by atoms with Crippen molar-refractivity contribution in [3.05, 3.63) is 18.0 Å². The van der Waals surface area contributed by atoms with E-state index in [2.05, 4.69) is 21.0 Å². The number of alkyl halides is 1. The molecule has 72 valence electrons. The molecule has 0 N–H and O–H groups in total. The summed E-state index contributed by atoms with van der Waals surface area (Å²) in [4.78, 5) is 11.2. The molecule has 13 heavy (non-hydrogen) atoms. The van der Waals surface area contributed by atoms with Crippen LogP contribution >= 0.6 is 15.9 Å². The summed E-state index contributed by atoms with van der Waals surface area (Å²) in [6, 6.07) is 0. The first-order chi connectivity index (χ1) is 6.27. The van der Waals surface area contributed by atoms with E-state index in [1.165, 1.54) is 0 Å². The number of methoxy groups -OCH3 is 1. The fourth-order valence-corrected chi connectivity index (χ4v) is 1.22. The van der Waals surface area contributed by atoms with Gasteiger partial charge in [-0.15, -0.1) is 0 Å². The van der Waals surface area contributed by atoms with Crippen molar-refractivity contribution in [1.29, 1.82) is 0 Å².